The predicted octanol–water partition coefficient (Wildman–Crippen LogP) is 1.87. The molecule has 5 nitrogen and oxygen atoms in total. The number of anilines is 1. The van der Waals surface area contributed by atoms with E-state index in [4.69, 9.17) is 0 Å². The van der Waals surface area contributed by atoms with E-state index in [2.05, 4.69) is 20.5 Å². The molecule has 0 spiro atoms. The summed E-state index contributed by atoms with van der Waals surface area (Å²) in [6.45, 7) is 5.17. The first kappa shape index (κ1) is 14.3. The smallest absolute Gasteiger partial charge is 0.270 e. The van der Waals surface area contributed by atoms with Crippen molar-refractivity contribution in [3.8, 4) is 0 Å². The Kier molecular flexibility index (Phi) is 4.39. The van der Waals surface area contributed by atoms with Crippen LogP contribution in [0.3, 0.4) is 0 Å². The number of piperidine rings is 1. The van der Waals surface area contributed by atoms with Crippen molar-refractivity contribution < 1.29 is 4.79 Å². The number of nitrogens with zero attached hydrogens (tertiary/aromatic N) is 2. The van der Waals surface area contributed by atoms with E-state index in [-0.39, 0.29) is 11.9 Å². The summed E-state index contributed by atoms with van der Waals surface area (Å²) >= 11 is 0. The highest BCUT2D eigenvalue weighted by molar-refractivity contribution is 5.93. The summed E-state index contributed by atoms with van der Waals surface area (Å²) in [5, 5.41) is 6.41. The number of carbonyl (C=O) groups excluding carboxylic acids is 1. The average molecular weight is 288 g/mol. The second-order valence-electron chi connectivity index (χ2n) is 5.93. The molecule has 114 valence electrons. The standard InChI is InChI=1S/C16H24N4O/c1-2-17-12-6-8-18-14(11-12)16(21)19-13-7-10-20-9-4-3-5-15(13)20/h6,8,11,13,15H,2-5,7,9-10H2,1H3,(H,17,18)(H,19,21). The monoisotopic (exact) mass is 288 g/mol. The van der Waals surface area contributed by atoms with Crippen LogP contribution in [-0.4, -0.2) is 47.5 Å². The van der Waals surface area contributed by atoms with Crippen LogP contribution in [0.5, 0.6) is 0 Å². The zero-order valence-corrected chi connectivity index (χ0v) is 12.6. The fourth-order valence-corrected chi connectivity index (χ4v) is 3.53. The van der Waals surface area contributed by atoms with Crippen LogP contribution in [0.4, 0.5) is 5.69 Å². The quantitative estimate of drug-likeness (QED) is 0.888. The van der Waals surface area contributed by atoms with Gasteiger partial charge in [0, 0.05) is 37.1 Å². The van der Waals surface area contributed by atoms with E-state index in [9.17, 15) is 4.79 Å². The van der Waals surface area contributed by atoms with Crippen LogP contribution >= 0.6 is 0 Å². The molecule has 0 radical (unpaired) electrons. The summed E-state index contributed by atoms with van der Waals surface area (Å²) in [4.78, 5) is 19.1. The molecular weight excluding hydrogens is 264 g/mol. The van der Waals surface area contributed by atoms with Crippen molar-refractivity contribution in [1.29, 1.82) is 0 Å². The van der Waals surface area contributed by atoms with E-state index in [0.29, 0.717) is 11.7 Å². The maximum atomic E-state index is 12.4. The van der Waals surface area contributed by atoms with Gasteiger partial charge in [-0.25, -0.2) is 0 Å². The molecule has 1 amide bonds. The first-order valence-corrected chi connectivity index (χ1v) is 8.03. The normalized spacial score (nSPS) is 25.4. The summed E-state index contributed by atoms with van der Waals surface area (Å²) in [5.41, 5.74) is 1.45. The van der Waals surface area contributed by atoms with Crippen molar-refractivity contribution in [2.24, 2.45) is 0 Å². The lowest BCUT2D eigenvalue weighted by Gasteiger charge is -2.32. The molecule has 2 aliphatic rings. The fraction of sp³-hybridized carbons (Fsp3) is 0.625. The number of amides is 1. The van der Waals surface area contributed by atoms with Gasteiger partial charge in [0.05, 0.1) is 0 Å². The molecule has 2 atom stereocenters. The molecular formula is C16H24N4O. The Morgan fingerprint density at radius 3 is 3.14 bits per heavy atom. The van der Waals surface area contributed by atoms with Crippen molar-refractivity contribution in [3.05, 3.63) is 24.0 Å². The third-order valence-corrected chi connectivity index (χ3v) is 4.55. The third kappa shape index (κ3) is 3.18. The van der Waals surface area contributed by atoms with Crippen LogP contribution < -0.4 is 10.6 Å². The summed E-state index contributed by atoms with van der Waals surface area (Å²) in [6.07, 6.45) is 6.53. The Balaban J connectivity index is 1.64. The van der Waals surface area contributed by atoms with Crippen LogP contribution in [0, 0.1) is 0 Å². The molecule has 0 bridgehead atoms. The van der Waals surface area contributed by atoms with Gasteiger partial charge in [-0.1, -0.05) is 6.42 Å². The summed E-state index contributed by atoms with van der Waals surface area (Å²) in [5.74, 6) is -0.0489. The van der Waals surface area contributed by atoms with Gasteiger partial charge in [0.2, 0.25) is 0 Å². The van der Waals surface area contributed by atoms with Crippen molar-refractivity contribution in [1.82, 2.24) is 15.2 Å². The van der Waals surface area contributed by atoms with Crippen molar-refractivity contribution in [3.63, 3.8) is 0 Å². The molecule has 0 saturated carbocycles. The highest BCUT2D eigenvalue weighted by Gasteiger charge is 2.36. The number of fused-ring (bicyclic) bond motifs is 1. The van der Waals surface area contributed by atoms with Crippen molar-refractivity contribution >= 4 is 11.6 Å². The molecule has 5 heteroatoms. The second-order valence-corrected chi connectivity index (χ2v) is 5.93. The topological polar surface area (TPSA) is 57.3 Å². The number of aromatic nitrogens is 1. The van der Waals surface area contributed by atoms with Gasteiger partial charge in [0.15, 0.2) is 0 Å². The Hall–Kier alpha value is -1.62. The van der Waals surface area contributed by atoms with Crippen LogP contribution in [0.15, 0.2) is 18.3 Å². The Morgan fingerprint density at radius 2 is 2.29 bits per heavy atom. The molecule has 21 heavy (non-hydrogen) atoms. The average Bonchev–Trinajstić information content (AvgIpc) is 2.91. The van der Waals surface area contributed by atoms with Crippen molar-refractivity contribution in [2.45, 2.75) is 44.7 Å². The maximum Gasteiger partial charge on any atom is 0.270 e. The van der Waals surface area contributed by atoms with E-state index in [1.165, 1.54) is 25.8 Å². The molecule has 2 saturated heterocycles. The van der Waals surface area contributed by atoms with Gasteiger partial charge in [0.25, 0.3) is 5.91 Å². The number of carbonyl (C=O) groups is 1. The SMILES string of the molecule is CCNc1ccnc(C(=O)NC2CCN3CCCCC23)c1. The van der Waals surface area contributed by atoms with Crippen molar-refractivity contribution in [2.75, 3.05) is 25.0 Å². The molecule has 2 fully saturated rings. The van der Waals surface area contributed by atoms with Gasteiger partial charge in [-0.15, -0.1) is 0 Å². The van der Waals surface area contributed by atoms with E-state index < -0.39 is 0 Å². The van der Waals surface area contributed by atoms with Gasteiger partial charge in [-0.3, -0.25) is 14.7 Å². The first-order chi connectivity index (χ1) is 10.3. The van der Waals surface area contributed by atoms with Gasteiger partial charge < -0.3 is 10.6 Å². The minimum Gasteiger partial charge on any atom is -0.385 e. The van der Waals surface area contributed by atoms with E-state index >= 15 is 0 Å². The fourth-order valence-electron chi connectivity index (χ4n) is 3.53. The number of rotatable bonds is 4. The van der Waals surface area contributed by atoms with Crippen LogP contribution in [0.2, 0.25) is 0 Å². The summed E-state index contributed by atoms with van der Waals surface area (Å²) < 4.78 is 0. The largest absolute Gasteiger partial charge is 0.385 e. The van der Waals surface area contributed by atoms with E-state index in [1.807, 2.05) is 19.1 Å². The third-order valence-electron chi connectivity index (χ3n) is 4.55. The lowest BCUT2D eigenvalue weighted by Crippen LogP contribution is -2.46. The molecule has 2 N–H and O–H groups in total. The zero-order valence-electron chi connectivity index (χ0n) is 12.6. The van der Waals surface area contributed by atoms with Crippen LogP contribution in [0.1, 0.15) is 43.1 Å². The minimum absolute atomic E-state index is 0.0489. The number of nitrogens with one attached hydrogen (secondary N) is 2. The molecule has 0 aromatic carbocycles. The molecule has 2 aliphatic heterocycles. The van der Waals surface area contributed by atoms with Gasteiger partial charge >= 0.3 is 0 Å². The van der Waals surface area contributed by atoms with Crippen LogP contribution in [-0.2, 0) is 0 Å². The lowest BCUT2D eigenvalue weighted by molar-refractivity contribution is 0.0910. The van der Waals surface area contributed by atoms with E-state index in [1.54, 1.807) is 6.20 Å². The zero-order chi connectivity index (χ0) is 14.7. The van der Waals surface area contributed by atoms with E-state index in [0.717, 1.165) is 25.2 Å². The molecule has 0 aliphatic carbocycles. The number of hydrogen-bond acceptors (Lipinski definition) is 4. The molecule has 3 heterocycles. The summed E-state index contributed by atoms with van der Waals surface area (Å²) in [7, 11) is 0. The van der Waals surface area contributed by atoms with Gasteiger partial charge in [-0.2, -0.15) is 0 Å². The first-order valence-electron chi connectivity index (χ1n) is 8.03. The Bertz CT molecular complexity index is 505. The van der Waals surface area contributed by atoms with Gasteiger partial charge in [0.1, 0.15) is 5.69 Å². The number of pyridine rings is 1. The van der Waals surface area contributed by atoms with Crippen LogP contribution in [0.25, 0.3) is 0 Å². The lowest BCUT2D eigenvalue weighted by atomic mass is 9.99. The second kappa shape index (κ2) is 6.43. The molecule has 3 rings (SSSR count). The highest BCUT2D eigenvalue weighted by Crippen LogP contribution is 2.27. The molecule has 2 unspecified atom stereocenters. The van der Waals surface area contributed by atoms with Gasteiger partial charge in [-0.05, 0) is 44.9 Å². The Labute approximate surface area is 126 Å². The minimum atomic E-state index is -0.0489. The summed E-state index contributed by atoms with van der Waals surface area (Å²) in [6, 6.07) is 4.52. The predicted molar refractivity (Wildman–Crippen MR) is 83.5 cm³/mol. The number of hydrogen-bond donors (Lipinski definition) is 2. The molecule has 1 aromatic heterocycles. The molecule has 1 aromatic rings. The highest BCUT2D eigenvalue weighted by atomic mass is 16.2. The maximum absolute atomic E-state index is 12.4. The Morgan fingerprint density at radius 1 is 1.38 bits per heavy atom.